The van der Waals surface area contributed by atoms with Crippen molar-refractivity contribution in [2.75, 3.05) is 31.1 Å². The molecule has 0 saturated carbocycles. The fourth-order valence-corrected chi connectivity index (χ4v) is 3.33. The lowest BCUT2D eigenvalue weighted by Gasteiger charge is -2.22. The summed E-state index contributed by atoms with van der Waals surface area (Å²) in [6, 6.07) is 1.76. The highest BCUT2D eigenvalue weighted by molar-refractivity contribution is 5.92. The van der Waals surface area contributed by atoms with Gasteiger partial charge >= 0.3 is 0 Å². The number of aromatic nitrogens is 2. The molecule has 0 aliphatic carbocycles. The van der Waals surface area contributed by atoms with Gasteiger partial charge in [-0.1, -0.05) is 25.7 Å². The number of carbonyl (C=O) groups excluding carboxylic acids is 1. The summed E-state index contributed by atoms with van der Waals surface area (Å²) in [6.07, 6.45) is 11.3. The summed E-state index contributed by atoms with van der Waals surface area (Å²) in [5.74, 6) is 0.794. The molecule has 1 aromatic heterocycles. The van der Waals surface area contributed by atoms with Gasteiger partial charge in [-0.3, -0.25) is 4.79 Å². The van der Waals surface area contributed by atoms with E-state index in [0.717, 1.165) is 45.0 Å². The van der Waals surface area contributed by atoms with Crippen LogP contribution in [0.2, 0.25) is 0 Å². The van der Waals surface area contributed by atoms with Gasteiger partial charge in [0.15, 0.2) is 0 Å². The Hall–Kier alpha value is -1.65. The minimum absolute atomic E-state index is 0.0698. The van der Waals surface area contributed by atoms with E-state index < -0.39 is 0 Å². The fraction of sp³-hybridized carbons (Fsp3) is 0.706. The highest BCUT2D eigenvalue weighted by Crippen LogP contribution is 2.17. The molecule has 1 aromatic rings. The molecule has 0 bridgehead atoms. The molecule has 0 aromatic carbocycles. The molecule has 0 radical (unpaired) electrons. The van der Waals surface area contributed by atoms with E-state index in [-0.39, 0.29) is 5.91 Å². The molecular weight excluding hydrogens is 276 g/mol. The van der Waals surface area contributed by atoms with Crippen molar-refractivity contribution in [1.29, 1.82) is 0 Å². The standard InChI is InChI=1S/C17H26N4O/c22-16(20-11-5-1-2-6-12-20)15-9-10-18-17(19-15)21-13-7-3-4-8-14-21/h9-10H,1-8,11-14H2. The SMILES string of the molecule is O=C(c1ccnc(N2CCCCCC2)n1)N1CCCCCC1. The maximum Gasteiger partial charge on any atom is 0.272 e. The second-order valence-corrected chi connectivity index (χ2v) is 6.35. The van der Waals surface area contributed by atoms with Gasteiger partial charge in [-0.25, -0.2) is 9.97 Å². The van der Waals surface area contributed by atoms with Crippen molar-refractivity contribution < 1.29 is 4.79 Å². The second kappa shape index (κ2) is 7.56. The third-order valence-electron chi connectivity index (χ3n) is 4.64. The van der Waals surface area contributed by atoms with Crippen molar-refractivity contribution in [3.8, 4) is 0 Å². The zero-order valence-electron chi connectivity index (χ0n) is 13.3. The van der Waals surface area contributed by atoms with Gasteiger partial charge < -0.3 is 9.80 Å². The second-order valence-electron chi connectivity index (χ2n) is 6.35. The topological polar surface area (TPSA) is 49.3 Å². The predicted molar refractivity (Wildman–Crippen MR) is 87.1 cm³/mol. The average Bonchev–Trinajstić information content (AvgIpc) is 2.99. The molecule has 3 rings (SSSR count). The molecule has 2 saturated heterocycles. The van der Waals surface area contributed by atoms with Crippen LogP contribution in [0.5, 0.6) is 0 Å². The Labute approximate surface area is 132 Å². The van der Waals surface area contributed by atoms with Crippen LogP contribution >= 0.6 is 0 Å². The number of nitrogens with zero attached hydrogens (tertiary/aromatic N) is 4. The minimum atomic E-state index is 0.0698. The van der Waals surface area contributed by atoms with Gasteiger partial charge in [0.25, 0.3) is 5.91 Å². The summed E-state index contributed by atoms with van der Waals surface area (Å²) < 4.78 is 0. The van der Waals surface area contributed by atoms with Crippen LogP contribution in [0.25, 0.3) is 0 Å². The van der Waals surface area contributed by atoms with Crippen LogP contribution in [0.15, 0.2) is 12.3 Å². The largest absolute Gasteiger partial charge is 0.341 e. The van der Waals surface area contributed by atoms with Gasteiger partial charge in [0.05, 0.1) is 0 Å². The lowest BCUT2D eigenvalue weighted by molar-refractivity contribution is 0.0755. The van der Waals surface area contributed by atoms with Gasteiger partial charge in [0.1, 0.15) is 5.69 Å². The highest BCUT2D eigenvalue weighted by atomic mass is 16.2. The van der Waals surface area contributed by atoms with E-state index in [0.29, 0.717) is 5.69 Å². The smallest absolute Gasteiger partial charge is 0.272 e. The molecule has 0 unspecified atom stereocenters. The van der Waals surface area contributed by atoms with E-state index in [9.17, 15) is 4.79 Å². The molecule has 5 heteroatoms. The maximum absolute atomic E-state index is 12.7. The van der Waals surface area contributed by atoms with Crippen LogP contribution in [0.4, 0.5) is 5.95 Å². The predicted octanol–water partition coefficient (Wildman–Crippen LogP) is 2.87. The van der Waals surface area contributed by atoms with Gasteiger partial charge in [0.2, 0.25) is 5.95 Å². The number of amides is 1. The first-order valence-electron chi connectivity index (χ1n) is 8.72. The molecule has 2 aliphatic rings. The van der Waals surface area contributed by atoms with E-state index >= 15 is 0 Å². The molecule has 2 aliphatic heterocycles. The molecule has 1 amide bonds. The number of hydrogen-bond acceptors (Lipinski definition) is 4. The van der Waals surface area contributed by atoms with Crippen LogP contribution in [0.3, 0.4) is 0 Å². The number of likely N-dealkylation sites (tertiary alicyclic amines) is 1. The number of anilines is 1. The maximum atomic E-state index is 12.7. The molecule has 0 atom stereocenters. The zero-order chi connectivity index (χ0) is 15.2. The Morgan fingerprint density at radius 1 is 0.864 bits per heavy atom. The summed E-state index contributed by atoms with van der Waals surface area (Å²) in [5.41, 5.74) is 0.552. The Kier molecular flexibility index (Phi) is 5.24. The molecule has 2 fully saturated rings. The number of hydrogen-bond donors (Lipinski definition) is 0. The van der Waals surface area contributed by atoms with Crippen molar-refractivity contribution >= 4 is 11.9 Å². The van der Waals surface area contributed by atoms with Crippen LogP contribution < -0.4 is 4.90 Å². The van der Waals surface area contributed by atoms with Crippen LogP contribution in [0, 0.1) is 0 Å². The van der Waals surface area contributed by atoms with Crippen molar-refractivity contribution in [3.63, 3.8) is 0 Å². The molecule has 5 nitrogen and oxygen atoms in total. The molecular formula is C17H26N4O. The van der Waals surface area contributed by atoms with E-state index in [1.807, 2.05) is 4.90 Å². The van der Waals surface area contributed by atoms with E-state index in [2.05, 4.69) is 14.9 Å². The monoisotopic (exact) mass is 302 g/mol. The van der Waals surface area contributed by atoms with Gasteiger partial charge in [0, 0.05) is 32.4 Å². The first-order valence-corrected chi connectivity index (χ1v) is 8.72. The van der Waals surface area contributed by atoms with Crippen molar-refractivity contribution in [3.05, 3.63) is 18.0 Å². The third-order valence-corrected chi connectivity index (χ3v) is 4.64. The van der Waals surface area contributed by atoms with Gasteiger partial charge in [-0.05, 0) is 31.7 Å². The molecule has 22 heavy (non-hydrogen) atoms. The summed E-state index contributed by atoms with van der Waals surface area (Å²) in [6.45, 7) is 3.73. The first kappa shape index (κ1) is 15.3. The Morgan fingerprint density at radius 2 is 1.45 bits per heavy atom. The lowest BCUT2D eigenvalue weighted by Crippen LogP contribution is -2.33. The number of carbonyl (C=O) groups is 1. The van der Waals surface area contributed by atoms with E-state index in [1.54, 1.807) is 12.3 Å². The Bertz CT molecular complexity index is 489. The molecule has 0 spiro atoms. The summed E-state index contributed by atoms with van der Waals surface area (Å²) >= 11 is 0. The summed E-state index contributed by atoms with van der Waals surface area (Å²) in [7, 11) is 0. The lowest BCUT2D eigenvalue weighted by atomic mass is 10.2. The first-order chi connectivity index (χ1) is 10.8. The Balaban J connectivity index is 1.73. The highest BCUT2D eigenvalue weighted by Gasteiger charge is 2.20. The zero-order valence-corrected chi connectivity index (χ0v) is 13.3. The molecule has 120 valence electrons. The molecule has 0 N–H and O–H groups in total. The number of rotatable bonds is 2. The van der Waals surface area contributed by atoms with E-state index in [1.165, 1.54) is 38.5 Å². The van der Waals surface area contributed by atoms with Gasteiger partial charge in [-0.15, -0.1) is 0 Å². The third kappa shape index (κ3) is 3.76. The quantitative estimate of drug-likeness (QED) is 0.843. The molecule has 3 heterocycles. The fourth-order valence-electron chi connectivity index (χ4n) is 3.33. The summed E-state index contributed by atoms with van der Waals surface area (Å²) in [4.78, 5) is 25.8. The van der Waals surface area contributed by atoms with Crippen molar-refractivity contribution in [2.45, 2.75) is 51.4 Å². The average molecular weight is 302 g/mol. The minimum Gasteiger partial charge on any atom is -0.341 e. The van der Waals surface area contributed by atoms with Crippen molar-refractivity contribution in [2.24, 2.45) is 0 Å². The van der Waals surface area contributed by atoms with Crippen LogP contribution in [-0.4, -0.2) is 47.0 Å². The van der Waals surface area contributed by atoms with Gasteiger partial charge in [-0.2, -0.15) is 0 Å². The van der Waals surface area contributed by atoms with Crippen LogP contribution in [-0.2, 0) is 0 Å². The van der Waals surface area contributed by atoms with Crippen molar-refractivity contribution in [1.82, 2.24) is 14.9 Å². The normalized spacial score (nSPS) is 20.4. The summed E-state index contributed by atoms with van der Waals surface area (Å²) in [5, 5.41) is 0. The Morgan fingerprint density at radius 3 is 2.09 bits per heavy atom. The van der Waals surface area contributed by atoms with E-state index in [4.69, 9.17) is 0 Å². The van der Waals surface area contributed by atoms with Crippen LogP contribution in [0.1, 0.15) is 61.9 Å².